The molecule has 2 unspecified atom stereocenters. The van der Waals surface area contributed by atoms with Gasteiger partial charge in [0.05, 0.1) is 6.04 Å². The minimum Gasteiger partial charge on any atom is -0.353 e. The zero-order valence-electron chi connectivity index (χ0n) is 10.7. The van der Waals surface area contributed by atoms with E-state index < -0.39 is 0 Å². The van der Waals surface area contributed by atoms with Crippen molar-refractivity contribution in [2.24, 2.45) is 11.7 Å². The number of piperidine rings is 1. The van der Waals surface area contributed by atoms with E-state index in [-0.39, 0.29) is 18.0 Å². The molecule has 94 valence electrons. The van der Waals surface area contributed by atoms with Crippen molar-refractivity contribution in [3.05, 3.63) is 0 Å². The van der Waals surface area contributed by atoms with Gasteiger partial charge in [0.1, 0.15) is 0 Å². The van der Waals surface area contributed by atoms with E-state index in [0.29, 0.717) is 5.92 Å². The second-order valence-corrected chi connectivity index (χ2v) is 5.08. The first kappa shape index (κ1) is 13.5. The number of nitrogens with two attached hydrogens (primary N) is 1. The van der Waals surface area contributed by atoms with Crippen LogP contribution in [0.3, 0.4) is 0 Å². The molecule has 0 aromatic heterocycles. The van der Waals surface area contributed by atoms with E-state index in [2.05, 4.69) is 10.2 Å². The Kier molecular flexibility index (Phi) is 5.22. The molecule has 0 saturated carbocycles. The number of carbonyl (C=O) groups is 1. The summed E-state index contributed by atoms with van der Waals surface area (Å²) in [4.78, 5) is 14.1. The van der Waals surface area contributed by atoms with Crippen LogP contribution in [0.2, 0.25) is 0 Å². The van der Waals surface area contributed by atoms with E-state index >= 15 is 0 Å². The molecule has 0 aromatic carbocycles. The SMILES string of the molecule is CC(C)NC(=O)C(C)N1CCCC(CN)C1. The highest BCUT2D eigenvalue weighted by molar-refractivity contribution is 5.81. The summed E-state index contributed by atoms with van der Waals surface area (Å²) in [5.41, 5.74) is 5.70. The van der Waals surface area contributed by atoms with Crippen molar-refractivity contribution in [1.82, 2.24) is 10.2 Å². The highest BCUT2D eigenvalue weighted by Crippen LogP contribution is 2.17. The maximum Gasteiger partial charge on any atom is 0.237 e. The fourth-order valence-electron chi connectivity index (χ4n) is 2.21. The molecule has 1 heterocycles. The Morgan fingerprint density at radius 3 is 2.75 bits per heavy atom. The molecule has 1 aliphatic rings. The summed E-state index contributed by atoms with van der Waals surface area (Å²) < 4.78 is 0. The second-order valence-electron chi connectivity index (χ2n) is 5.08. The largest absolute Gasteiger partial charge is 0.353 e. The highest BCUT2D eigenvalue weighted by Gasteiger charge is 2.26. The monoisotopic (exact) mass is 227 g/mol. The lowest BCUT2D eigenvalue weighted by molar-refractivity contribution is -0.127. The molecule has 4 heteroatoms. The van der Waals surface area contributed by atoms with Crippen molar-refractivity contribution < 1.29 is 4.79 Å². The summed E-state index contributed by atoms with van der Waals surface area (Å²) in [6.07, 6.45) is 2.35. The quantitative estimate of drug-likeness (QED) is 0.738. The number of likely N-dealkylation sites (tertiary alicyclic amines) is 1. The number of amides is 1. The van der Waals surface area contributed by atoms with Crippen molar-refractivity contribution in [2.45, 2.75) is 45.7 Å². The van der Waals surface area contributed by atoms with Gasteiger partial charge >= 0.3 is 0 Å². The molecule has 1 saturated heterocycles. The van der Waals surface area contributed by atoms with Gasteiger partial charge in [-0.1, -0.05) is 0 Å². The zero-order chi connectivity index (χ0) is 12.1. The van der Waals surface area contributed by atoms with Crippen molar-refractivity contribution in [1.29, 1.82) is 0 Å². The molecule has 2 atom stereocenters. The molecule has 1 rings (SSSR count). The fraction of sp³-hybridized carbons (Fsp3) is 0.917. The summed E-state index contributed by atoms with van der Waals surface area (Å²) in [5, 5.41) is 2.96. The summed E-state index contributed by atoms with van der Waals surface area (Å²) in [6, 6.07) is 0.182. The van der Waals surface area contributed by atoms with Crippen LogP contribution < -0.4 is 11.1 Å². The van der Waals surface area contributed by atoms with E-state index in [1.807, 2.05) is 20.8 Å². The summed E-state index contributed by atoms with van der Waals surface area (Å²) in [6.45, 7) is 8.67. The normalized spacial score (nSPS) is 24.4. The third-order valence-corrected chi connectivity index (χ3v) is 3.24. The lowest BCUT2D eigenvalue weighted by Crippen LogP contribution is -2.51. The minimum absolute atomic E-state index is 0.0308. The number of nitrogens with one attached hydrogen (secondary N) is 1. The van der Waals surface area contributed by atoms with Crippen LogP contribution in [0.15, 0.2) is 0 Å². The molecule has 1 aliphatic heterocycles. The van der Waals surface area contributed by atoms with Gasteiger partial charge in [-0.3, -0.25) is 9.69 Å². The van der Waals surface area contributed by atoms with Crippen LogP contribution in [0.1, 0.15) is 33.6 Å². The second kappa shape index (κ2) is 6.21. The van der Waals surface area contributed by atoms with E-state index in [1.54, 1.807) is 0 Å². The first-order valence-corrected chi connectivity index (χ1v) is 6.29. The van der Waals surface area contributed by atoms with Crippen LogP contribution in [0.4, 0.5) is 0 Å². The van der Waals surface area contributed by atoms with Crippen molar-refractivity contribution in [3.63, 3.8) is 0 Å². The van der Waals surface area contributed by atoms with E-state index in [0.717, 1.165) is 26.1 Å². The number of nitrogens with zero attached hydrogens (tertiary/aromatic N) is 1. The Morgan fingerprint density at radius 2 is 2.19 bits per heavy atom. The van der Waals surface area contributed by atoms with Gasteiger partial charge in [0.15, 0.2) is 0 Å². The summed E-state index contributed by atoms with van der Waals surface area (Å²) in [7, 11) is 0. The van der Waals surface area contributed by atoms with Gasteiger partial charge in [-0.15, -0.1) is 0 Å². The first-order valence-electron chi connectivity index (χ1n) is 6.29. The third kappa shape index (κ3) is 3.76. The average Bonchev–Trinajstić information content (AvgIpc) is 2.27. The van der Waals surface area contributed by atoms with Gasteiger partial charge in [0.2, 0.25) is 5.91 Å². The standard InChI is InChI=1S/C12H25N3O/c1-9(2)14-12(16)10(3)15-6-4-5-11(7-13)8-15/h9-11H,4-8,13H2,1-3H3,(H,14,16). The Labute approximate surface area is 98.6 Å². The van der Waals surface area contributed by atoms with Crippen LogP contribution >= 0.6 is 0 Å². The lowest BCUT2D eigenvalue weighted by Gasteiger charge is -2.35. The molecule has 3 N–H and O–H groups in total. The predicted molar refractivity (Wildman–Crippen MR) is 66.1 cm³/mol. The molecule has 0 bridgehead atoms. The first-order chi connectivity index (χ1) is 7.54. The predicted octanol–water partition coefficient (Wildman–Crippen LogP) is 0.570. The van der Waals surface area contributed by atoms with Gasteiger partial charge in [-0.2, -0.15) is 0 Å². The molecule has 16 heavy (non-hydrogen) atoms. The van der Waals surface area contributed by atoms with E-state index in [9.17, 15) is 4.79 Å². The zero-order valence-corrected chi connectivity index (χ0v) is 10.7. The Hall–Kier alpha value is -0.610. The van der Waals surface area contributed by atoms with Gasteiger partial charge in [0.25, 0.3) is 0 Å². The van der Waals surface area contributed by atoms with Crippen LogP contribution in [-0.2, 0) is 4.79 Å². The third-order valence-electron chi connectivity index (χ3n) is 3.24. The van der Waals surface area contributed by atoms with Gasteiger partial charge in [-0.05, 0) is 52.6 Å². The Bertz CT molecular complexity index is 230. The number of rotatable bonds is 4. The van der Waals surface area contributed by atoms with E-state index in [1.165, 1.54) is 6.42 Å². The molecular formula is C12H25N3O. The smallest absolute Gasteiger partial charge is 0.237 e. The number of carbonyl (C=O) groups excluding carboxylic acids is 1. The van der Waals surface area contributed by atoms with Crippen molar-refractivity contribution in [2.75, 3.05) is 19.6 Å². The van der Waals surface area contributed by atoms with E-state index in [4.69, 9.17) is 5.73 Å². The molecule has 0 aliphatic carbocycles. The van der Waals surface area contributed by atoms with Gasteiger partial charge in [0, 0.05) is 12.6 Å². The maximum atomic E-state index is 11.9. The molecular weight excluding hydrogens is 202 g/mol. The molecule has 1 amide bonds. The Balaban J connectivity index is 2.46. The highest BCUT2D eigenvalue weighted by atomic mass is 16.2. The van der Waals surface area contributed by atoms with Crippen molar-refractivity contribution >= 4 is 5.91 Å². The van der Waals surface area contributed by atoms with Gasteiger partial charge in [-0.25, -0.2) is 0 Å². The minimum atomic E-state index is -0.0308. The van der Waals surface area contributed by atoms with Gasteiger partial charge < -0.3 is 11.1 Å². The van der Waals surface area contributed by atoms with Crippen LogP contribution in [-0.4, -0.2) is 42.5 Å². The molecule has 0 radical (unpaired) electrons. The fourth-order valence-corrected chi connectivity index (χ4v) is 2.21. The maximum absolute atomic E-state index is 11.9. The molecule has 0 aromatic rings. The lowest BCUT2D eigenvalue weighted by atomic mass is 9.97. The summed E-state index contributed by atoms with van der Waals surface area (Å²) >= 11 is 0. The topological polar surface area (TPSA) is 58.4 Å². The number of hydrogen-bond acceptors (Lipinski definition) is 3. The molecule has 1 fully saturated rings. The Morgan fingerprint density at radius 1 is 1.50 bits per heavy atom. The van der Waals surface area contributed by atoms with Crippen LogP contribution in [0, 0.1) is 5.92 Å². The van der Waals surface area contributed by atoms with Crippen LogP contribution in [0.5, 0.6) is 0 Å². The van der Waals surface area contributed by atoms with Crippen LogP contribution in [0.25, 0.3) is 0 Å². The molecule has 4 nitrogen and oxygen atoms in total. The summed E-state index contributed by atoms with van der Waals surface area (Å²) in [5.74, 6) is 0.690. The number of hydrogen-bond donors (Lipinski definition) is 2. The average molecular weight is 227 g/mol. The van der Waals surface area contributed by atoms with Crippen molar-refractivity contribution in [3.8, 4) is 0 Å². The molecule has 0 spiro atoms.